The zero-order valence-corrected chi connectivity index (χ0v) is 7.87. The Morgan fingerprint density at radius 2 is 1.92 bits per heavy atom. The lowest BCUT2D eigenvalue weighted by Gasteiger charge is -2.43. The molecule has 0 N–H and O–H groups in total. The third kappa shape index (κ3) is 2.08. The van der Waals surface area contributed by atoms with E-state index in [1.165, 1.54) is 0 Å². The lowest BCUT2D eigenvalue weighted by molar-refractivity contribution is 0.0684. The van der Waals surface area contributed by atoms with E-state index >= 15 is 0 Å². The molecule has 3 nitrogen and oxygen atoms in total. The largest absolute Gasteiger partial charge is 0.308 e. The first kappa shape index (κ1) is 11.2. The molecular formula is C8H16FN3. The zero-order valence-electron chi connectivity index (χ0n) is 7.87. The first-order chi connectivity index (χ1) is 5.06. The van der Waals surface area contributed by atoms with Crippen molar-refractivity contribution >= 4 is 0 Å². The van der Waals surface area contributed by atoms with Crippen LogP contribution in [0.15, 0.2) is 0 Å². The third-order valence-corrected chi connectivity index (χ3v) is 2.46. The first-order valence-electron chi connectivity index (χ1n) is 3.92. The Kier molecular flexibility index (Phi) is 3.47. The zero-order chi connectivity index (χ0) is 8.48. The van der Waals surface area contributed by atoms with Crippen LogP contribution in [-0.2, 0) is 0 Å². The molecule has 0 aromatic carbocycles. The second kappa shape index (κ2) is 3.72. The second-order valence-electron chi connectivity index (χ2n) is 3.76. The lowest BCUT2D eigenvalue weighted by Crippen LogP contribution is -2.56. The Hall–Kier alpha value is -0.820. The average molecular weight is 173 g/mol. The summed E-state index contributed by atoms with van der Waals surface area (Å²) < 4.78 is 0. The van der Waals surface area contributed by atoms with Crippen molar-refractivity contribution in [2.24, 2.45) is 0 Å². The lowest BCUT2D eigenvalue weighted by atomic mass is 10.0. The molecule has 0 radical (unpaired) electrons. The molecule has 0 bridgehead atoms. The Morgan fingerprint density at radius 3 is 2.33 bits per heavy atom. The van der Waals surface area contributed by atoms with Gasteiger partial charge in [-0.25, -0.2) is 0 Å². The van der Waals surface area contributed by atoms with Crippen molar-refractivity contribution < 1.29 is 4.70 Å². The van der Waals surface area contributed by atoms with Crippen LogP contribution in [-0.4, -0.2) is 42.0 Å². The van der Waals surface area contributed by atoms with Gasteiger partial charge in [-0.15, -0.1) is 0 Å². The van der Waals surface area contributed by atoms with Crippen LogP contribution in [0.1, 0.15) is 13.8 Å². The SMILES string of the molecule is CN1CCN(C#N)CC1(C)C.F. The summed E-state index contributed by atoms with van der Waals surface area (Å²) in [7, 11) is 2.11. The molecule has 0 saturated carbocycles. The summed E-state index contributed by atoms with van der Waals surface area (Å²) in [5.41, 5.74) is 0.147. The van der Waals surface area contributed by atoms with Crippen LogP contribution >= 0.6 is 0 Å². The molecule has 0 aromatic heterocycles. The highest BCUT2D eigenvalue weighted by Crippen LogP contribution is 2.17. The number of hydrogen-bond acceptors (Lipinski definition) is 3. The van der Waals surface area contributed by atoms with Crippen molar-refractivity contribution in [1.82, 2.24) is 9.80 Å². The normalized spacial score (nSPS) is 22.7. The number of nitrogens with zero attached hydrogens (tertiary/aromatic N) is 3. The quantitative estimate of drug-likeness (QED) is 0.504. The molecule has 0 unspecified atom stereocenters. The van der Waals surface area contributed by atoms with Gasteiger partial charge in [0.1, 0.15) is 0 Å². The van der Waals surface area contributed by atoms with E-state index in [4.69, 9.17) is 5.26 Å². The third-order valence-electron chi connectivity index (χ3n) is 2.46. The van der Waals surface area contributed by atoms with Gasteiger partial charge in [0, 0.05) is 25.2 Å². The van der Waals surface area contributed by atoms with Gasteiger partial charge in [0.15, 0.2) is 6.19 Å². The van der Waals surface area contributed by atoms with Crippen molar-refractivity contribution in [2.75, 3.05) is 26.7 Å². The van der Waals surface area contributed by atoms with E-state index in [1.807, 2.05) is 4.90 Å². The number of likely N-dealkylation sites (N-methyl/N-ethyl adjacent to an activating group) is 1. The summed E-state index contributed by atoms with van der Waals surface area (Å²) in [6, 6.07) is 0. The fourth-order valence-corrected chi connectivity index (χ4v) is 1.33. The maximum Gasteiger partial charge on any atom is 0.179 e. The van der Waals surface area contributed by atoms with Crippen LogP contribution in [0.5, 0.6) is 0 Å². The number of rotatable bonds is 0. The average Bonchev–Trinajstić information content (AvgIpc) is 1.95. The summed E-state index contributed by atoms with van der Waals surface area (Å²) in [6.45, 7) is 7.03. The number of nitriles is 1. The molecule has 1 rings (SSSR count). The van der Waals surface area contributed by atoms with Crippen LogP contribution in [0, 0.1) is 11.5 Å². The Labute approximate surface area is 72.9 Å². The van der Waals surface area contributed by atoms with E-state index < -0.39 is 0 Å². The molecule has 0 atom stereocenters. The van der Waals surface area contributed by atoms with E-state index in [0.717, 1.165) is 19.6 Å². The van der Waals surface area contributed by atoms with Gasteiger partial charge < -0.3 is 4.90 Å². The molecule has 0 aromatic rings. The van der Waals surface area contributed by atoms with Gasteiger partial charge in [0.25, 0.3) is 0 Å². The highest BCUT2D eigenvalue weighted by molar-refractivity contribution is 4.92. The predicted octanol–water partition coefficient (Wildman–Crippen LogP) is 0.646. The Morgan fingerprint density at radius 1 is 1.33 bits per heavy atom. The molecule has 70 valence electrons. The van der Waals surface area contributed by atoms with E-state index in [9.17, 15) is 0 Å². The molecule has 0 amide bonds. The van der Waals surface area contributed by atoms with Crippen LogP contribution in [0.4, 0.5) is 4.70 Å². The minimum atomic E-state index is 0. The van der Waals surface area contributed by atoms with E-state index in [1.54, 1.807) is 0 Å². The van der Waals surface area contributed by atoms with Gasteiger partial charge in [-0.05, 0) is 20.9 Å². The van der Waals surface area contributed by atoms with E-state index in [-0.39, 0.29) is 10.2 Å². The summed E-state index contributed by atoms with van der Waals surface area (Å²) in [5.74, 6) is 0. The van der Waals surface area contributed by atoms with Gasteiger partial charge in [-0.2, -0.15) is 5.26 Å². The standard InChI is InChI=1S/C8H15N3.FH/c1-8(2)6-11(7-9)5-4-10(8)3;/h4-6H2,1-3H3;1H. The molecular weight excluding hydrogens is 157 g/mol. The molecule has 1 fully saturated rings. The number of hydrogen-bond donors (Lipinski definition) is 0. The van der Waals surface area contributed by atoms with Crippen molar-refractivity contribution in [2.45, 2.75) is 19.4 Å². The molecule has 0 spiro atoms. The molecule has 12 heavy (non-hydrogen) atoms. The molecule has 1 saturated heterocycles. The smallest absolute Gasteiger partial charge is 0.179 e. The van der Waals surface area contributed by atoms with Gasteiger partial charge in [0.05, 0.1) is 0 Å². The van der Waals surface area contributed by atoms with E-state index in [0.29, 0.717) is 0 Å². The Bertz CT molecular complexity index is 185. The molecule has 1 aliphatic heterocycles. The minimum Gasteiger partial charge on any atom is -0.308 e. The predicted molar refractivity (Wildman–Crippen MR) is 46.4 cm³/mol. The maximum absolute atomic E-state index is 8.67. The Balaban J connectivity index is 0.00000121. The van der Waals surface area contributed by atoms with E-state index in [2.05, 4.69) is 32.0 Å². The highest BCUT2D eigenvalue weighted by atomic mass is 19.0. The van der Waals surface area contributed by atoms with Crippen LogP contribution in [0.2, 0.25) is 0 Å². The van der Waals surface area contributed by atoms with Crippen LogP contribution in [0.25, 0.3) is 0 Å². The van der Waals surface area contributed by atoms with Gasteiger partial charge in [-0.1, -0.05) is 0 Å². The highest BCUT2D eigenvalue weighted by Gasteiger charge is 2.30. The summed E-state index contributed by atoms with van der Waals surface area (Å²) in [5, 5.41) is 8.67. The molecule has 0 aliphatic carbocycles. The van der Waals surface area contributed by atoms with Gasteiger partial charge in [-0.3, -0.25) is 9.60 Å². The van der Waals surface area contributed by atoms with Crippen LogP contribution < -0.4 is 0 Å². The molecule has 4 heteroatoms. The maximum atomic E-state index is 8.67. The topological polar surface area (TPSA) is 30.3 Å². The van der Waals surface area contributed by atoms with Crippen molar-refractivity contribution in [1.29, 1.82) is 5.26 Å². The van der Waals surface area contributed by atoms with Crippen LogP contribution in [0.3, 0.4) is 0 Å². The summed E-state index contributed by atoms with van der Waals surface area (Å²) in [4.78, 5) is 4.11. The van der Waals surface area contributed by atoms with Gasteiger partial charge >= 0.3 is 0 Å². The molecule has 1 aliphatic rings. The summed E-state index contributed by atoms with van der Waals surface area (Å²) in [6.07, 6.45) is 2.19. The van der Waals surface area contributed by atoms with Crippen molar-refractivity contribution in [3.05, 3.63) is 0 Å². The summed E-state index contributed by atoms with van der Waals surface area (Å²) >= 11 is 0. The van der Waals surface area contributed by atoms with Crippen molar-refractivity contribution in [3.8, 4) is 6.19 Å². The number of piperazine rings is 1. The monoisotopic (exact) mass is 173 g/mol. The fraction of sp³-hybridized carbons (Fsp3) is 0.875. The second-order valence-corrected chi connectivity index (χ2v) is 3.76. The fourth-order valence-electron chi connectivity index (χ4n) is 1.33. The van der Waals surface area contributed by atoms with Crippen molar-refractivity contribution in [3.63, 3.8) is 0 Å². The minimum absolute atomic E-state index is 0. The number of halogens is 1. The first-order valence-corrected chi connectivity index (χ1v) is 3.92. The van der Waals surface area contributed by atoms with Gasteiger partial charge in [0.2, 0.25) is 0 Å². The molecule has 1 heterocycles.